The van der Waals surface area contributed by atoms with E-state index in [0.717, 1.165) is 23.3 Å². The Morgan fingerprint density at radius 1 is 1.15 bits per heavy atom. The van der Waals surface area contributed by atoms with Gasteiger partial charge in [-0.3, -0.25) is 4.79 Å². The molecule has 4 rings (SSSR count). The maximum Gasteiger partial charge on any atom is 0.258 e. The number of hydrogen-bond acceptors (Lipinski definition) is 6. The van der Waals surface area contributed by atoms with E-state index >= 15 is 0 Å². The summed E-state index contributed by atoms with van der Waals surface area (Å²) in [7, 11) is 1.62. The molecule has 0 atom stereocenters. The molecule has 1 N–H and O–H groups in total. The fourth-order valence-corrected chi connectivity index (χ4v) is 2.81. The predicted octanol–water partition coefficient (Wildman–Crippen LogP) is 2.61. The van der Waals surface area contributed by atoms with Crippen LogP contribution in [0.3, 0.4) is 0 Å². The van der Waals surface area contributed by atoms with E-state index in [1.165, 1.54) is 0 Å². The van der Waals surface area contributed by atoms with E-state index in [-0.39, 0.29) is 12.5 Å². The highest BCUT2D eigenvalue weighted by Crippen LogP contribution is 2.23. The zero-order chi connectivity index (χ0) is 17.9. The summed E-state index contributed by atoms with van der Waals surface area (Å²) in [4.78, 5) is 16.1. The molecule has 0 saturated carbocycles. The molecule has 2 heterocycles. The third-order valence-electron chi connectivity index (χ3n) is 4.17. The van der Waals surface area contributed by atoms with Gasteiger partial charge in [0.2, 0.25) is 5.82 Å². The molecule has 0 bridgehead atoms. The quantitative estimate of drug-likeness (QED) is 0.760. The average molecular weight is 351 g/mol. The number of methoxy groups -OCH3 is 1. The summed E-state index contributed by atoms with van der Waals surface area (Å²) < 4.78 is 16.2. The SMILES string of the molecule is COc1ccc(-c2nc(COc3ccc4c(c3)CCNC4=O)no2)cc1. The van der Waals surface area contributed by atoms with Crippen molar-refractivity contribution < 1.29 is 18.8 Å². The first kappa shape index (κ1) is 16.1. The molecule has 0 unspecified atom stereocenters. The maximum absolute atomic E-state index is 11.8. The second-order valence-corrected chi connectivity index (χ2v) is 5.86. The Balaban J connectivity index is 1.44. The molecule has 0 saturated heterocycles. The van der Waals surface area contributed by atoms with Gasteiger partial charge < -0.3 is 19.3 Å². The number of hydrogen-bond donors (Lipinski definition) is 1. The van der Waals surface area contributed by atoms with Crippen molar-refractivity contribution in [1.29, 1.82) is 0 Å². The van der Waals surface area contributed by atoms with E-state index in [1.807, 2.05) is 30.3 Å². The van der Waals surface area contributed by atoms with E-state index < -0.39 is 0 Å². The number of rotatable bonds is 5. The largest absolute Gasteiger partial charge is 0.497 e. The van der Waals surface area contributed by atoms with Gasteiger partial charge in [0.05, 0.1) is 7.11 Å². The summed E-state index contributed by atoms with van der Waals surface area (Å²) in [5.74, 6) is 2.27. The van der Waals surface area contributed by atoms with Crippen molar-refractivity contribution in [3.8, 4) is 23.0 Å². The molecule has 1 amide bonds. The number of aromatic nitrogens is 2. The molecule has 7 nitrogen and oxygen atoms in total. The highest BCUT2D eigenvalue weighted by Gasteiger charge is 2.17. The molecule has 1 aliphatic rings. The van der Waals surface area contributed by atoms with Crippen LogP contribution in [0.2, 0.25) is 0 Å². The van der Waals surface area contributed by atoms with Crippen molar-refractivity contribution in [2.75, 3.05) is 13.7 Å². The van der Waals surface area contributed by atoms with Gasteiger partial charge in [-0.15, -0.1) is 0 Å². The van der Waals surface area contributed by atoms with E-state index in [0.29, 0.717) is 29.6 Å². The average Bonchev–Trinajstić information content (AvgIpc) is 3.15. The molecule has 1 aliphatic heterocycles. The molecule has 0 aliphatic carbocycles. The third kappa shape index (κ3) is 3.23. The summed E-state index contributed by atoms with van der Waals surface area (Å²) in [5.41, 5.74) is 2.49. The Hall–Kier alpha value is -3.35. The number of nitrogens with zero attached hydrogens (tertiary/aromatic N) is 2. The van der Waals surface area contributed by atoms with Crippen LogP contribution in [-0.4, -0.2) is 29.7 Å². The van der Waals surface area contributed by atoms with Gasteiger partial charge >= 0.3 is 0 Å². The normalized spacial score (nSPS) is 13.0. The first-order chi connectivity index (χ1) is 12.7. The summed E-state index contributed by atoms with van der Waals surface area (Å²) in [6, 6.07) is 12.8. The van der Waals surface area contributed by atoms with Crippen molar-refractivity contribution in [3.05, 3.63) is 59.4 Å². The zero-order valence-corrected chi connectivity index (χ0v) is 14.2. The van der Waals surface area contributed by atoms with Crippen molar-refractivity contribution in [2.24, 2.45) is 0 Å². The molecule has 0 fully saturated rings. The van der Waals surface area contributed by atoms with Gasteiger partial charge in [0, 0.05) is 17.7 Å². The fourth-order valence-electron chi connectivity index (χ4n) is 2.81. The lowest BCUT2D eigenvalue weighted by molar-refractivity contribution is 0.0946. The van der Waals surface area contributed by atoms with Crippen LogP contribution in [0.4, 0.5) is 0 Å². The number of fused-ring (bicyclic) bond motifs is 1. The first-order valence-corrected chi connectivity index (χ1v) is 8.24. The first-order valence-electron chi connectivity index (χ1n) is 8.24. The number of ether oxygens (including phenoxy) is 2. The Kier molecular flexibility index (Phi) is 4.27. The van der Waals surface area contributed by atoms with Crippen molar-refractivity contribution >= 4 is 5.91 Å². The lowest BCUT2D eigenvalue weighted by atomic mass is 10.0. The Labute approximate surface area is 149 Å². The van der Waals surface area contributed by atoms with Crippen LogP contribution in [0.5, 0.6) is 11.5 Å². The number of amides is 1. The molecule has 3 aromatic rings. The highest BCUT2D eigenvalue weighted by atomic mass is 16.5. The van der Waals surface area contributed by atoms with Crippen LogP contribution in [0.25, 0.3) is 11.5 Å². The minimum atomic E-state index is -0.0416. The van der Waals surface area contributed by atoms with Gasteiger partial charge in [0.1, 0.15) is 11.5 Å². The van der Waals surface area contributed by atoms with Crippen LogP contribution < -0.4 is 14.8 Å². The van der Waals surface area contributed by atoms with Gasteiger partial charge in [-0.2, -0.15) is 4.98 Å². The molecule has 0 radical (unpaired) electrons. The highest BCUT2D eigenvalue weighted by molar-refractivity contribution is 5.96. The molecule has 26 heavy (non-hydrogen) atoms. The van der Waals surface area contributed by atoms with Crippen LogP contribution in [0, 0.1) is 0 Å². The summed E-state index contributed by atoms with van der Waals surface area (Å²) in [6.45, 7) is 0.829. The lowest BCUT2D eigenvalue weighted by Crippen LogP contribution is -2.31. The standard InChI is InChI=1S/C19H17N3O4/c1-24-14-4-2-12(3-5-14)19-21-17(22-26-19)11-25-15-6-7-16-13(10-15)8-9-20-18(16)23/h2-7,10H,8-9,11H2,1H3,(H,20,23). The minimum absolute atomic E-state index is 0.0416. The second-order valence-electron chi connectivity index (χ2n) is 5.86. The molecule has 1 aromatic heterocycles. The van der Waals surface area contributed by atoms with Gasteiger partial charge in [-0.05, 0) is 54.4 Å². The minimum Gasteiger partial charge on any atom is -0.497 e. The molecule has 132 valence electrons. The van der Waals surface area contributed by atoms with Crippen molar-refractivity contribution in [1.82, 2.24) is 15.5 Å². The van der Waals surface area contributed by atoms with E-state index in [2.05, 4.69) is 15.5 Å². The van der Waals surface area contributed by atoms with E-state index in [1.54, 1.807) is 19.2 Å². The smallest absolute Gasteiger partial charge is 0.258 e. The monoisotopic (exact) mass is 351 g/mol. The van der Waals surface area contributed by atoms with Crippen LogP contribution in [0.15, 0.2) is 47.0 Å². The predicted molar refractivity (Wildman–Crippen MR) is 93.1 cm³/mol. The Morgan fingerprint density at radius 2 is 1.96 bits per heavy atom. The topological polar surface area (TPSA) is 86.5 Å². The number of carbonyl (C=O) groups is 1. The molecular formula is C19H17N3O4. The Bertz CT molecular complexity index is 934. The van der Waals surface area contributed by atoms with E-state index in [9.17, 15) is 4.79 Å². The van der Waals surface area contributed by atoms with Gasteiger partial charge in [0.25, 0.3) is 11.8 Å². The fraction of sp³-hybridized carbons (Fsp3) is 0.211. The van der Waals surface area contributed by atoms with E-state index in [4.69, 9.17) is 14.0 Å². The van der Waals surface area contributed by atoms with Crippen LogP contribution in [0.1, 0.15) is 21.7 Å². The summed E-state index contributed by atoms with van der Waals surface area (Å²) in [6.07, 6.45) is 0.794. The van der Waals surface area contributed by atoms with Crippen molar-refractivity contribution in [3.63, 3.8) is 0 Å². The molecule has 2 aromatic carbocycles. The number of benzene rings is 2. The third-order valence-corrected chi connectivity index (χ3v) is 4.17. The lowest BCUT2D eigenvalue weighted by Gasteiger charge is -2.17. The van der Waals surface area contributed by atoms with Crippen LogP contribution >= 0.6 is 0 Å². The summed E-state index contributed by atoms with van der Waals surface area (Å²) >= 11 is 0. The molecule has 0 spiro atoms. The van der Waals surface area contributed by atoms with Crippen molar-refractivity contribution in [2.45, 2.75) is 13.0 Å². The number of nitrogens with one attached hydrogen (secondary N) is 1. The van der Waals surface area contributed by atoms with Gasteiger partial charge in [-0.25, -0.2) is 0 Å². The number of carbonyl (C=O) groups excluding carboxylic acids is 1. The van der Waals surface area contributed by atoms with Gasteiger partial charge in [0.15, 0.2) is 6.61 Å². The molecular weight excluding hydrogens is 334 g/mol. The molecule has 7 heteroatoms. The second kappa shape index (κ2) is 6.87. The van der Waals surface area contributed by atoms with Crippen LogP contribution in [-0.2, 0) is 13.0 Å². The zero-order valence-electron chi connectivity index (χ0n) is 14.2. The summed E-state index contributed by atoms with van der Waals surface area (Å²) in [5, 5.41) is 6.76. The maximum atomic E-state index is 11.8. The Morgan fingerprint density at radius 3 is 2.77 bits per heavy atom. The van der Waals surface area contributed by atoms with Gasteiger partial charge in [-0.1, -0.05) is 5.16 Å².